The minimum Gasteiger partial charge on any atom is -0.491 e. The van der Waals surface area contributed by atoms with Crippen LogP contribution in [0.1, 0.15) is 18.4 Å². The van der Waals surface area contributed by atoms with Gasteiger partial charge in [-0.3, -0.25) is 0 Å². The highest BCUT2D eigenvalue weighted by molar-refractivity contribution is 6.35. The van der Waals surface area contributed by atoms with Crippen LogP contribution in [-0.4, -0.2) is 72.8 Å². The van der Waals surface area contributed by atoms with Gasteiger partial charge in [-0.15, -0.1) is 0 Å². The Morgan fingerprint density at radius 1 is 1.00 bits per heavy atom. The molecule has 3 rings (SSSR count). The Morgan fingerprint density at radius 2 is 1.69 bits per heavy atom. The summed E-state index contributed by atoms with van der Waals surface area (Å²) in [4.78, 5) is 2.23. The molecule has 1 aliphatic rings. The lowest BCUT2D eigenvalue weighted by Crippen LogP contribution is -2.47. The van der Waals surface area contributed by atoms with E-state index in [1.54, 1.807) is 18.2 Å². The van der Waals surface area contributed by atoms with Crippen LogP contribution in [0.25, 0.3) is 0 Å². The number of ether oxygens (including phenoxy) is 2. The van der Waals surface area contributed by atoms with Crippen molar-refractivity contribution < 1.29 is 19.7 Å². The first-order valence-electron chi connectivity index (χ1n) is 11.0. The number of piperidine rings is 1. The number of likely N-dealkylation sites (tertiary alicyclic amines) is 1. The highest BCUT2D eigenvalue weighted by Gasteiger charge is 2.22. The Bertz CT molecular complexity index is 829. The van der Waals surface area contributed by atoms with Gasteiger partial charge in [0.1, 0.15) is 36.9 Å². The number of hydrogen-bond donors (Lipinski definition) is 3. The van der Waals surface area contributed by atoms with Crippen molar-refractivity contribution in [2.45, 2.75) is 38.0 Å². The summed E-state index contributed by atoms with van der Waals surface area (Å²) in [6.45, 7) is 5.27. The summed E-state index contributed by atoms with van der Waals surface area (Å²) in [6, 6.07) is 13.2. The van der Waals surface area contributed by atoms with Crippen molar-refractivity contribution in [2.24, 2.45) is 0 Å². The highest BCUT2D eigenvalue weighted by atomic mass is 35.5. The molecule has 2 aromatic carbocycles. The second-order valence-corrected chi connectivity index (χ2v) is 9.14. The average molecular weight is 483 g/mol. The minimum atomic E-state index is -0.605. The summed E-state index contributed by atoms with van der Waals surface area (Å²) in [5.41, 5.74) is 1.18. The number of rotatable bonds is 11. The zero-order chi connectivity index (χ0) is 22.9. The molecule has 0 unspecified atom stereocenters. The maximum absolute atomic E-state index is 10.3. The van der Waals surface area contributed by atoms with Crippen LogP contribution in [0.4, 0.5) is 0 Å². The van der Waals surface area contributed by atoms with Gasteiger partial charge in [0.15, 0.2) is 0 Å². The molecule has 0 spiro atoms. The quantitative estimate of drug-likeness (QED) is 0.454. The van der Waals surface area contributed by atoms with Gasteiger partial charge in [-0.05, 0) is 63.2 Å². The number of β-amino-alcohol motifs (C(OH)–C–C–N with tert-alkyl or cyclic N) is 1. The Balaban J connectivity index is 1.28. The van der Waals surface area contributed by atoms with Crippen molar-refractivity contribution in [3.05, 3.63) is 58.1 Å². The van der Waals surface area contributed by atoms with Crippen LogP contribution < -0.4 is 14.8 Å². The molecule has 0 aliphatic carbocycles. The Hall–Kier alpha value is -1.54. The number of aliphatic hydroxyl groups is 2. The van der Waals surface area contributed by atoms with E-state index in [2.05, 4.69) is 10.2 Å². The summed E-state index contributed by atoms with van der Waals surface area (Å²) in [7, 11) is 0. The van der Waals surface area contributed by atoms with Crippen LogP contribution in [0.5, 0.6) is 11.5 Å². The monoisotopic (exact) mass is 482 g/mol. The Labute approximate surface area is 200 Å². The predicted molar refractivity (Wildman–Crippen MR) is 128 cm³/mol. The third-order valence-corrected chi connectivity index (χ3v) is 6.02. The zero-order valence-corrected chi connectivity index (χ0v) is 19.9. The van der Waals surface area contributed by atoms with E-state index >= 15 is 0 Å². The van der Waals surface area contributed by atoms with Crippen molar-refractivity contribution in [2.75, 3.05) is 39.4 Å². The highest BCUT2D eigenvalue weighted by Crippen LogP contribution is 2.27. The number of halogens is 2. The van der Waals surface area contributed by atoms with Crippen LogP contribution in [0.15, 0.2) is 42.5 Å². The van der Waals surface area contributed by atoms with Gasteiger partial charge in [0.2, 0.25) is 0 Å². The number of nitrogens with zero attached hydrogens (tertiary/aromatic N) is 1. The van der Waals surface area contributed by atoms with E-state index in [-0.39, 0.29) is 13.2 Å². The molecule has 1 aliphatic heterocycles. The van der Waals surface area contributed by atoms with E-state index in [1.807, 2.05) is 31.2 Å². The fraction of sp³-hybridized carbons (Fsp3) is 0.500. The summed E-state index contributed by atoms with van der Waals surface area (Å²) < 4.78 is 11.3. The van der Waals surface area contributed by atoms with E-state index in [0.717, 1.165) is 31.7 Å². The largest absolute Gasteiger partial charge is 0.491 e. The van der Waals surface area contributed by atoms with Gasteiger partial charge in [0.25, 0.3) is 0 Å². The van der Waals surface area contributed by atoms with Crippen LogP contribution in [-0.2, 0) is 0 Å². The van der Waals surface area contributed by atoms with Gasteiger partial charge < -0.3 is 29.9 Å². The van der Waals surface area contributed by atoms with Gasteiger partial charge in [0.05, 0.1) is 5.02 Å². The molecule has 1 fully saturated rings. The Morgan fingerprint density at radius 3 is 2.38 bits per heavy atom. The van der Waals surface area contributed by atoms with Crippen molar-refractivity contribution in [1.82, 2.24) is 10.2 Å². The third-order valence-electron chi connectivity index (χ3n) is 5.49. The summed E-state index contributed by atoms with van der Waals surface area (Å²) in [5, 5.41) is 24.9. The second-order valence-electron chi connectivity index (χ2n) is 8.30. The molecule has 176 valence electrons. The molecule has 0 bridgehead atoms. The summed E-state index contributed by atoms with van der Waals surface area (Å²) in [6.07, 6.45) is 0.754. The van der Waals surface area contributed by atoms with Crippen LogP contribution >= 0.6 is 23.2 Å². The van der Waals surface area contributed by atoms with Crippen molar-refractivity contribution in [3.8, 4) is 11.5 Å². The fourth-order valence-corrected chi connectivity index (χ4v) is 4.10. The predicted octanol–water partition coefficient (Wildman–Crippen LogP) is 3.54. The number of nitrogens with one attached hydrogen (secondary N) is 1. The molecule has 1 saturated heterocycles. The first-order valence-corrected chi connectivity index (χ1v) is 11.7. The minimum absolute atomic E-state index is 0.173. The molecule has 0 aromatic heterocycles. The Kier molecular flexibility index (Phi) is 9.91. The van der Waals surface area contributed by atoms with Gasteiger partial charge in [-0.1, -0.05) is 40.9 Å². The van der Waals surface area contributed by atoms with E-state index in [1.165, 1.54) is 5.56 Å². The molecule has 6 nitrogen and oxygen atoms in total. The number of benzene rings is 2. The van der Waals surface area contributed by atoms with Gasteiger partial charge in [0, 0.05) is 24.2 Å². The maximum atomic E-state index is 10.3. The van der Waals surface area contributed by atoms with Crippen LogP contribution in [0.2, 0.25) is 10.0 Å². The van der Waals surface area contributed by atoms with E-state index < -0.39 is 12.2 Å². The lowest BCUT2D eigenvalue weighted by atomic mass is 10.0. The SMILES string of the molecule is Cc1ccc(OC[C@H](O)CNC2CCN(C[C@H](O)COc3ccc(Cl)cc3Cl)CC2)cc1. The summed E-state index contributed by atoms with van der Waals surface area (Å²) >= 11 is 12.0. The van der Waals surface area contributed by atoms with Crippen LogP contribution in [0, 0.1) is 6.92 Å². The number of aliphatic hydroxyl groups excluding tert-OH is 2. The molecular weight excluding hydrogens is 451 g/mol. The molecule has 0 radical (unpaired) electrons. The van der Waals surface area contributed by atoms with Crippen molar-refractivity contribution in [1.29, 1.82) is 0 Å². The van der Waals surface area contributed by atoms with Crippen molar-refractivity contribution >= 4 is 23.2 Å². The fourth-order valence-electron chi connectivity index (χ4n) is 3.64. The van der Waals surface area contributed by atoms with E-state index in [0.29, 0.717) is 34.9 Å². The molecule has 0 amide bonds. The molecule has 0 saturated carbocycles. The molecular formula is C24H32Cl2N2O4. The maximum Gasteiger partial charge on any atom is 0.138 e. The molecule has 3 N–H and O–H groups in total. The van der Waals surface area contributed by atoms with Gasteiger partial charge in [-0.25, -0.2) is 0 Å². The lowest BCUT2D eigenvalue weighted by molar-refractivity contribution is 0.0556. The number of aryl methyl sites for hydroxylation is 1. The molecule has 1 heterocycles. The van der Waals surface area contributed by atoms with Gasteiger partial charge in [-0.2, -0.15) is 0 Å². The van der Waals surface area contributed by atoms with Crippen LogP contribution in [0.3, 0.4) is 0 Å². The normalized spacial score (nSPS) is 17.2. The lowest BCUT2D eigenvalue weighted by Gasteiger charge is -2.33. The smallest absolute Gasteiger partial charge is 0.138 e. The molecule has 2 aromatic rings. The van der Waals surface area contributed by atoms with E-state index in [9.17, 15) is 10.2 Å². The molecule has 2 atom stereocenters. The van der Waals surface area contributed by atoms with Gasteiger partial charge >= 0.3 is 0 Å². The second kappa shape index (κ2) is 12.6. The number of hydrogen-bond acceptors (Lipinski definition) is 6. The average Bonchev–Trinajstić information content (AvgIpc) is 2.77. The molecule has 32 heavy (non-hydrogen) atoms. The first-order chi connectivity index (χ1) is 15.4. The topological polar surface area (TPSA) is 74.2 Å². The zero-order valence-electron chi connectivity index (χ0n) is 18.3. The third kappa shape index (κ3) is 8.43. The standard InChI is InChI=1S/C24H32Cl2N2O4/c1-17-2-5-22(6-3-17)31-15-20(29)13-27-19-8-10-28(11-9-19)14-21(30)16-32-24-7-4-18(25)12-23(24)26/h2-7,12,19-21,27,29-30H,8-11,13-16H2,1H3/t20-,21+/m1/s1. The summed E-state index contributed by atoms with van der Waals surface area (Å²) in [5.74, 6) is 1.28. The molecule has 8 heteroatoms. The van der Waals surface area contributed by atoms with Crippen molar-refractivity contribution in [3.63, 3.8) is 0 Å². The van der Waals surface area contributed by atoms with E-state index in [4.69, 9.17) is 32.7 Å². The first kappa shape index (κ1) is 25.1.